The van der Waals surface area contributed by atoms with Crippen molar-refractivity contribution in [2.24, 2.45) is 0 Å². The van der Waals surface area contributed by atoms with Crippen LogP contribution in [0, 0.1) is 0 Å². The van der Waals surface area contributed by atoms with Crippen molar-refractivity contribution in [1.29, 1.82) is 0 Å². The average Bonchev–Trinajstić information content (AvgIpc) is 2.90. The number of nitrogens with one attached hydrogen (secondary N) is 1. The Hall–Kier alpha value is -0.860. The van der Waals surface area contributed by atoms with Crippen LogP contribution in [0.25, 0.3) is 0 Å². The Balaban J connectivity index is 2.15. The van der Waals surface area contributed by atoms with Crippen LogP contribution in [0.4, 0.5) is 0 Å². The van der Waals surface area contributed by atoms with Crippen molar-refractivity contribution in [2.75, 3.05) is 20.1 Å². The van der Waals surface area contributed by atoms with E-state index in [9.17, 15) is 0 Å². The topological polar surface area (TPSA) is 15.3 Å². The van der Waals surface area contributed by atoms with Gasteiger partial charge in [-0.3, -0.25) is 4.90 Å². The first-order valence-corrected chi connectivity index (χ1v) is 6.83. The minimum absolute atomic E-state index is 0.458. The zero-order valence-corrected chi connectivity index (χ0v) is 11.0. The molecule has 0 aromatic heterocycles. The van der Waals surface area contributed by atoms with Gasteiger partial charge in [-0.05, 0) is 45.0 Å². The minimum atomic E-state index is 0.458. The van der Waals surface area contributed by atoms with Crippen molar-refractivity contribution >= 4 is 0 Å². The lowest BCUT2D eigenvalue weighted by molar-refractivity contribution is 0.190. The van der Waals surface area contributed by atoms with Gasteiger partial charge in [0.15, 0.2) is 0 Å². The molecule has 1 N–H and O–H groups in total. The molecule has 0 radical (unpaired) electrons. The Morgan fingerprint density at radius 2 is 1.82 bits per heavy atom. The molecule has 1 saturated heterocycles. The summed E-state index contributed by atoms with van der Waals surface area (Å²) >= 11 is 0. The van der Waals surface area contributed by atoms with Crippen LogP contribution in [0.5, 0.6) is 0 Å². The quantitative estimate of drug-likeness (QED) is 0.840. The Labute approximate surface area is 105 Å². The zero-order valence-electron chi connectivity index (χ0n) is 11.0. The Morgan fingerprint density at radius 3 is 2.35 bits per heavy atom. The predicted octanol–water partition coefficient (Wildman–Crippen LogP) is 2.82. The molecule has 2 nitrogen and oxygen atoms in total. The fourth-order valence-electron chi connectivity index (χ4n) is 3.02. The molecule has 0 bridgehead atoms. The molecule has 0 spiro atoms. The third kappa shape index (κ3) is 2.88. The molecule has 1 aromatic rings. The fourth-order valence-corrected chi connectivity index (χ4v) is 3.02. The summed E-state index contributed by atoms with van der Waals surface area (Å²) in [4.78, 5) is 2.65. The van der Waals surface area contributed by atoms with Crippen LogP contribution in [0.15, 0.2) is 30.3 Å². The third-order valence-corrected chi connectivity index (χ3v) is 3.88. The summed E-state index contributed by atoms with van der Waals surface area (Å²) < 4.78 is 0. The van der Waals surface area contributed by atoms with Gasteiger partial charge in [0.25, 0.3) is 0 Å². The van der Waals surface area contributed by atoms with Crippen molar-refractivity contribution < 1.29 is 0 Å². The van der Waals surface area contributed by atoms with Gasteiger partial charge in [0.2, 0.25) is 0 Å². The van der Waals surface area contributed by atoms with Crippen molar-refractivity contribution in [3.63, 3.8) is 0 Å². The summed E-state index contributed by atoms with van der Waals surface area (Å²) in [6, 6.07) is 11.9. The zero-order chi connectivity index (χ0) is 12.1. The number of hydrogen-bond acceptors (Lipinski definition) is 2. The molecule has 17 heavy (non-hydrogen) atoms. The van der Waals surface area contributed by atoms with Gasteiger partial charge < -0.3 is 5.32 Å². The highest BCUT2D eigenvalue weighted by Crippen LogP contribution is 2.26. The second kappa shape index (κ2) is 6.18. The van der Waals surface area contributed by atoms with E-state index in [2.05, 4.69) is 54.5 Å². The Bertz CT molecular complexity index is 317. The van der Waals surface area contributed by atoms with Gasteiger partial charge in [-0.2, -0.15) is 0 Å². The first-order chi connectivity index (χ1) is 8.36. The molecular weight excluding hydrogens is 208 g/mol. The summed E-state index contributed by atoms with van der Waals surface area (Å²) in [7, 11) is 2.08. The van der Waals surface area contributed by atoms with Crippen LogP contribution in [0.2, 0.25) is 0 Å². The summed E-state index contributed by atoms with van der Waals surface area (Å²) in [5.41, 5.74) is 1.41. The maximum atomic E-state index is 3.50. The third-order valence-electron chi connectivity index (χ3n) is 3.88. The largest absolute Gasteiger partial charge is 0.312 e. The standard InChI is InChI=1S/C15H24N2/c1-3-14(17-11-7-8-12-17)15(16-2)13-9-5-4-6-10-13/h4-6,9-10,14-16H,3,7-8,11-12H2,1-2H3. The number of likely N-dealkylation sites (tertiary alicyclic amines) is 1. The molecular formula is C15H24N2. The van der Waals surface area contributed by atoms with Crippen LogP contribution in [-0.4, -0.2) is 31.1 Å². The average molecular weight is 232 g/mol. The molecule has 2 atom stereocenters. The minimum Gasteiger partial charge on any atom is -0.312 e. The lowest BCUT2D eigenvalue weighted by Gasteiger charge is -2.34. The number of likely N-dealkylation sites (N-methyl/N-ethyl adjacent to an activating group) is 1. The molecule has 1 aliphatic rings. The monoisotopic (exact) mass is 232 g/mol. The first kappa shape index (κ1) is 12.6. The highest BCUT2D eigenvalue weighted by Gasteiger charge is 2.27. The van der Waals surface area contributed by atoms with E-state index in [1.807, 2.05) is 0 Å². The van der Waals surface area contributed by atoms with Gasteiger partial charge in [-0.25, -0.2) is 0 Å². The van der Waals surface area contributed by atoms with Gasteiger partial charge in [0.1, 0.15) is 0 Å². The lowest BCUT2D eigenvalue weighted by atomic mass is 9.96. The lowest BCUT2D eigenvalue weighted by Crippen LogP contribution is -2.42. The summed E-state index contributed by atoms with van der Waals surface area (Å²) in [6.07, 6.45) is 3.93. The number of rotatable bonds is 5. The molecule has 2 rings (SSSR count). The van der Waals surface area contributed by atoms with E-state index in [-0.39, 0.29) is 0 Å². The summed E-state index contributed by atoms with van der Waals surface area (Å²) in [5.74, 6) is 0. The van der Waals surface area contributed by atoms with Crippen molar-refractivity contribution in [1.82, 2.24) is 10.2 Å². The van der Waals surface area contributed by atoms with Crippen LogP contribution in [0.3, 0.4) is 0 Å². The van der Waals surface area contributed by atoms with E-state index in [1.165, 1.54) is 37.9 Å². The summed E-state index contributed by atoms with van der Waals surface area (Å²) in [5, 5.41) is 3.50. The van der Waals surface area contributed by atoms with Crippen molar-refractivity contribution in [3.8, 4) is 0 Å². The van der Waals surface area contributed by atoms with Crippen molar-refractivity contribution in [3.05, 3.63) is 35.9 Å². The van der Waals surface area contributed by atoms with E-state index in [0.717, 1.165) is 0 Å². The smallest absolute Gasteiger partial charge is 0.0475 e. The molecule has 1 fully saturated rings. The van der Waals surface area contributed by atoms with E-state index in [4.69, 9.17) is 0 Å². The van der Waals surface area contributed by atoms with Gasteiger partial charge >= 0.3 is 0 Å². The first-order valence-electron chi connectivity index (χ1n) is 6.83. The van der Waals surface area contributed by atoms with Gasteiger partial charge in [-0.15, -0.1) is 0 Å². The Kier molecular flexibility index (Phi) is 4.57. The van der Waals surface area contributed by atoms with Gasteiger partial charge in [0.05, 0.1) is 0 Å². The second-order valence-electron chi connectivity index (χ2n) is 4.90. The normalized spacial score (nSPS) is 20.4. The van der Waals surface area contributed by atoms with Gasteiger partial charge in [0, 0.05) is 12.1 Å². The molecule has 0 saturated carbocycles. The Morgan fingerprint density at radius 1 is 1.18 bits per heavy atom. The molecule has 0 aliphatic carbocycles. The molecule has 0 amide bonds. The molecule has 1 aliphatic heterocycles. The number of hydrogen-bond donors (Lipinski definition) is 1. The van der Waals surface area contributed by atoms with E-state index >= 15 is 0 Å². The fraction of sp³-hybridized carbons (Fsp3) is 0.600. The highest BCUT2D eigenvalue weighted by molar-refractivity contribution is 5.20. The molecule has 2 heteroatoms. The number of benzene rings is 1. The molecule has 1 aromatic carbocycles. The number of nitrogens with zero attached hydrogens (tertiary/aromatic N) is 1. The second-order valence-corrected chi connectivity index (χ2v) is 4.90. The molecule has 2 unspecified atom stereocenters. The summed E-state index contributed by atoms with van der Waals surface area (Å²) in [6.45, 7) is 4.84. The van der Waals surface area contributed by atoms with E-state index < -0.39 is 0 Å². The van der Waals surface area contributed by atoms with Crippen LogP contribution in [-0.2, 0) is 0 Å². The predicted molar refractivity (Wildman–Crippen MR) is 73.1 cm³/mol. The van der Waals surface area contributed by atoms with Gasteiger partial charge in [-0.1, -0.05) is 37.3 Å². The molecule has 1 heterocycles. The maximum absolute atomic E-state index is 3.50. The van der Waals surface area contributed by atoms with Crippen molar-refractivity contribution in [2.45, 2.75) is 38.3 Å². The highest BCUT2D eigenvalue weighted by atomic mass is 15.2. The SMILES string of the molecule is CCC(C(NC)c1ccccc1)N1CCCC1. The van der Waals surface area contributed by atoms with E-state index in [1.54, 1.807) is 0 Å². The van der Waals surface area contributed by atoms with Crippen LogP contribution >= 0.6 is 0 Å². The van der Waals surface area contributed by atoms with Crippen LogP contribution in [0.1, 0.15) is 37.8 Å². The molecule has 94 valence electrons. The van der Waals surface area contributed by atoms with E-state index in [0.29, 0.717) is 12.1 Å². The maximum Gasteiger partial charge on any atom is 0.0475 e. The van der Waals surface area contributed by atoms with Crippen LogP contribution < -0.4 is 5.32 Å².